The minimum absolute atomic E-state index is 0.0983. The lowest BCUT2D eigenvalue weighted by Gasteiger charge is -2.10. The molecule has 24 heavy (non-hydrogen) atoms. The number of ether oxygens (including phenoxy) is 1. The fourth-order valence-corrected chi connectivity index (χ4v) is 2.38. The molecule has 0 spiro atoms. The van der Waals surface area contributed by atoms with E-state index in [0.29, 0.717) is 10.9 Å². The summed E-state index contributed by atoms with van der Waals surface area (Å²) in [6.07, 6.45) is 0.0983. The Morgan fingerprint density at radius 3 is 2.62 bits per heavy atom. The predicted molar refractivity (Wildman–Crippen MR) is 89.5 cm³/mol. The third-order valence-corrected chi connectivity index (χ3v) is 3.69. The van der Waals surface area contributed by atoms with Crippen molar-refractivity contribution in [2.75, 3.05) is 0 Å². The molecule has 0 aliphatic heterocycles. The first-order valence-corrected chi connectivity index (χ1v) is 7.73. The molecule has 2 aromatic carbocycles. The highest BCUT2D eigenvalue weighted by atomic mass is 16.5. The Morgan fingerprint density at radius 1 is 1.12 bits per heavy atom. The van der Waals surface area contributed by atoms with E-state index in [0.717, 1.165) is 5.56 Å². The first-order valence-electron chi connectivity index (χ1n) is 7.73. The Morgan fingerprint density at radius 2 is 1.83 bits per heavy atom. The summed E-state index contributed by atoms with van der Waals surface area (Å²) in [7, 11) is 0. The number of hydrogen-bond acceptors (Lipinski definition) is 5. The van der Waals surface area contributed by atoms with Crippen LogP contribution in [-0.4, -0.2) is 11.0 Å². The van der Waals surface area contributed by atoms with Gasteiger partial charge in [-0.05, 0) is 17.7 Å². The van der Waals surface area contributed by atoms with Gasteiger partial charge in [0.2, 0.25) is 5.89 Å². The van der Waals surface area contributed by atoms with Gasteiger partial charge in [-0.25, -0.2) is 9.78 Å². The number of para-hydroxylation sites is 1. The van der Waals surface area contributed by atoms with Crippen molar-refractivity contribution in [3.8, 4) is 0 Å². The van der Waals surface area contributed by atoms with Crippen molar-refractivity contribution in [1.82, 2.24) is 4.98 Å². The Bertz CT molecular complexity index is 902. The maximum absolute atomic E-state index is 12.0. The Hall–Kier alpha value is -2.95. The molecule has 3 aromatic rings. The van der Waals surface area contributed by atoms with Crippen LogP contribution >= 0.6 is 0 Å². The third-order valence-electron chi connectivity index (χ3n) is 3.69. The van der Waals surface area contributed by atoms with E-state index < -0.39 is 5.63 Å². The van der Waals surface area contributed by atoms with Crippen LogP contribution in [0.1, 0.15) is 30.7 Å². The largest absolute Gasteiger partial charge is 0.461 e. The first-order chi connectivity index (χ1) is 11.6. The Kier molecular flexibility index (Phi) is 4.70. The van der Waals surface area contributed by atoms with E-state index in [-0.39, 0.29) is 30.8 Å². The molecule has 0 fully saturated rings. The van der Waals surface area contributed by atoms with Gasteiger partial charge in [-0.15, -0.1) is 0 Å². The van der Waals surface area contributed by atoms with E-state index in [1.165, 1.54) is 0 Å². The molecule has 1 unspecified atom stereocenters. The summed E-state index contributed by atoms with van der Waals surface area (Å²) in [4.78, 5) is 28.3. The normalized spacial score (nSPS) is 12.0. The van der Waals surface area contributed by atoms with Crippen LogP contribution in [0, 0.1) is 0 Å². The molecular weight excluding hydrogens is 306 g/mol. The van der Waals surface area contributed by atoms with Gasteiger partial charge < -0.3 is 9.15 Å². The van der Waals surface area contributed by atoms with Gasteiger partial charge in [-0.1, -0.05) is 49.4 Å². The first kappa shape index (κ1) is 15.9. The van der Waals surface area contributed by atoms with E-state index in [2.05, 4.69) is 4.98 Å². The molecule has 1 atom stereocenters. The molecule has 0 N–H and O–H groups in total. The highest BCUT2D eigenvalue weighted by molar-refractivity contribution is 5.76. The zero-order chi connectivity index (χ0) is 16.9. The quantitative estimate of drug-likeness (QED) is 0.673. The molecule has 5 nitrogen and oxygen atoms in total. The van der Waals surface area contributed by atoms with Crippen LogP contribution < -0.4 is 5.63 Å². The molecule has 0 saturated carbocycles. The zero-order valence-electron chi connectivity index (χ0n) is 13.3. The van der Waals surface area contributed by atoms with E-state index in [4.69, 9.17) is 9.15 Å². The smallest absolute Gasteiger partial charge is 0.346 e. The topological polar surface area (TPSA) is 69.4 Å². The van der Waals surface area contributed by atoms with Gasteiger partial charge >= 0.3 is 11.6 Å². The number of fused-ring (bicyclic) bond motifs is 1. The summed E-state index contributed by atoms with van der Waals surface area (Å²) in [6.45, 7) is 2.01. The second-order valence-electron chi connectivity index (χ2n) is 5.61. The predicted octanol–water partition coefficient (Wildman–Crippen LogP) is 3.43. The number of carbonyl (C=O) groups is 1. The Labute approximate surface area is 138 Å². The average molecular weight is 323 g/mol. The van der Waals surface area contributed by atoms with Crippen LogP contribution in [0.5, 0.6) is 0 Å². The highest BCUT2D eigenvalue weighted by Gasteiger charge is 2.18. The molecule has 1 aromatic heterocycles. The molecule has 0 amide bonds. The molecule has 3 rings (SSSR count). The summed E-state index contributed by atoms with van der Waals surface area (Å²) < 4.78 is 10.5. The second-order valence-corrected chi connectivity index (χ2v) is 5.61. The number of benzene rings is 2. The number of nitrogens with zero attached hydrogens (tertiary/aromatic N) is 1. The molecule has 0 aliphatic carbocycles. The van der Waals surface area contributed by atoms with Crippen LogP contribution in [0.25, 0.3) is 10.9 Å². The number of hydrogen-bond donors (Lipinski definition) is 0. The third kappa shape index (κ3) is 3.68. The number of aromatic nitrogens is 1. The van der Waals surface area contributed by atoms with Crippen molar-refractivity contribution in [1.29, 1.82) is 0 Å². The number of carbonyl (C=O) groups excluding carboxylic acids is 1. The van der Waals surface area contributed by atoms with Crippen molar-refractivity contribution < 1.29 is 13.9 Å². The molecule has 122 valence electrons. The fraction of sp³-hybridized carbons (Fsp3) is 0.211. The van der Waals surface area contributed by atoms with Crippen LogP contribution in [0.15, 0.2) is 63.8 Å². The lowest BCUT2D eigenvalue weighted by Crippen LogP contribution is -2.12. The van der Waals surface area contributed by atoms with Gasteiger partial charge in [0, 0.05) is 5.92 Å². The van der Waals surface area contributed by atoms with Crippen molar-refractivity contribution in [3.05, 3.63) is 76.5 Å². The summed E-state index contributed by atoms with van der Waals surface area (Å²) in [5.74, 6) is -0.454. The summed E-state index contributed by atoms with van der Waals surface area (Å²) in [5, 5.41) is 0.431. The van der Waals surface area contributed by atoms with Gasteiger partial charge in [-0.2, -0.15) is 0 Å². The SMILES string of the molecule is CC(CC(=O)OCc1ccccc1)c1nc2ccccc2c(=O)o1. The van der Waals surface area contributed by atoms with Crippen molar-refractivity contribution in [3.63, 3.8) is 0 Å². The van der Waals surface area contributed by atoms with Gasteiger partial charge in [-0.3, -0.25) is 4.79 Å². The molecule has 1 heterocycles. The Balaban J connectivity index is 1.67. The zero-order valence-corrected chi connectivity index (χ0v) is 13.3. The minimum atomic E-state index is -0.444. The van der Waals surface area contributed by atoms with Crippen LogP contribution in [0.4, 0.5) is 0 Å². The van der Waals surface area contributed by atoms with E-state index >= 15 is 0 Å². The fourth-order valence-electron chi connectivity index (χ4n) is 2.38. The van der Waals surface area contributed by atoms with Gasteiger partial charge in [0.1, 0.15) is 6.61 Å². The van der Waals surface area contributed by atoms with Gasteiger partial charge in [0.25, 0.3) is 0 Å². The summed E-state index contributed by atoms with van der Waals surface area (Å²) in [5.41, 5.74) is 1.04. The van der Waals surface area contributed by atoms with E-state index in [1.54, 1.807) is 31.2 Å². The van der Waals surface area contributed by atoms with Crippen molar-refractivity contribution >= 4 is 16.9 Å². The van der Waals surface area contributed by atoms with Crippen LogP contribution in [0.3, 0.4) is 0 Å². The molecule has 0 aliphatic rings. The lowest BCUT2D eigenvalue weighted by atomic mass is 10.1. The monoisotopic (exact) mass is 323 g/mol. The highest BCUT2D eigenvalue weighted by Crippen LogP contribution is 2.19. The van der Waals surface area contributed by atoms with Crippen molar-refractivity contribution in [2.24, 2.45) is 0 Å². The van der Waals surface area contributed by atoms with E-state index in [9.17, 15) is 9.59 Å². The molecule has 0 saturated heterocycles. The van der Waals surface area contributed by atoms with Crippen LogP contribution in [-0.2, 0) is 16.1 Å². The molecule has 0 bridgehead atoms. The number of rotatable bonds is 5. The minimum Gasteiger partial charge on any atom is -0.461 e. The van der Waals surface area contributed by atoms with Crippen molar-refractivity contribution in [2.45, 2.75) is 25.9 Å². The average Bonchev–Trinajstić information content (AvgIpc) is 2.61. The summed E-state index contributed by atoms with van der Waals surface area (Å²) >= 11 is 0. The van der Waals surface area contributed by atoms with Gasteiger partial charge in [0.05, 0.1) is 17.3 Å². The lowest BCUT2D eigenvalue weighted by molar-refractivity contribution is -0.145. The van der Waals surface area contributed by atoms with E-state index in [1.807, 2.05) is 30.3 Å². The van der Waals surface area contributed by atoms with Gasteiger partial charge in [0.15, 0.2) is 0 Å². The standard InChI is InChI=1S/C19H17NO4/c1-13(11-17(21)23-12-14-7-3-2-4-8-14)18-20-16-10-6-5-9-15(16)19(22)24-18/h2-10,13H,11-12H2,1H3. The molecule has 0 radical (unpaired) electrons. The summed E-state index contributed by atoms with van der Waals surface area (Å²) in [6, 6.07) is 16.4. The molecular formula is C19H17NO4. The number of esters is 1. The van der Waals surface area contributed by atoms with Crippen LogP contribution in [0.2, 0.25) is 0 Å². The molecule has 5 heteroatoms. The maximum atomic E-state index is 12.0. The maximum Gasteiger partial charge on any atom is 0.346 e. The second kappa shape index (κ2) is 7.08.